The zero-order valence-corrected chi connectivity index (χ0v) is 26.3. The Morgan fingerprint density at radius 2 is 1.31 bits per heavy atom. The number of urea groups is 1. The van der Waals surface area contributed by atoms with Gasteiger partial charge in [0.05, 0.1) is 25.0 Å². The molecule has 258 valence electrons. The smallest absolute Gasteiger partial charge is 0.481 e. The van der Waals surface area contributed by atoms with E-state index in [1.165, 1.54) is 0 Å². The van der Waals surface area contributed by atoms with Gasteiger partial charge in [-0.05, 0) is 39.9 Å². The van der Waals surface area contributed by atoms with Crippen LogP contribution in [0.4, 0.5) is 18.0 Å². The van der Waals surface area contributed by atoms with Gasteiger partial charge in [-0.3, -0.25) is 14.4 Å². The molecule has 0 spiro atoms. The molecule has 0 aliphatic rings. The maximum Gasteiger partial charge on any atom is 0.490 e. The fourth-order valence-electron chi connectivity index (χ4n) is 4.72. The summed E-state index contributed by atoms with van der Waals surface area (Å²) in [5, 5.41) is 29.4. The van der Waals surface area contributed by atoms with Crippen LogP contribution < -0.4 is 21.3 Å². The number of carbonyl (C=O) groups excluding carboxylic acids is 3. The summed E-state index contributed by atoms with van der Waals surface area (Å²) in [6, 6.07) is 29.5. The Hall–Kier alpha value is -5.92. The molecule has 0 fully saturated rings. The first-order valence-corrected chi connectivity index (χ1v) is 15.0. The molecular formula is C35H35F3N4O7. The molecule has 4 rings (SSSR count). The number of carboxylic acid groups (broad SMARTS) is 2. The molecule has 4 amide bonds. The third-order valence-corrected chi connectivity index (χ3v) is 7.10. The highest BCUT2D eigenvalue weighted by atomic mass is 19.4. The summed E-state index contributed by atoms with van der Waals surface area (Å²) in [5.74, 6) is -4.76. The highest BCUT2D eigenvalue weighted by Crippen LogP contribution is 2.25. The number of fused-ring (bicyclic) bond motifs is 1. The van der Waals surface area contributed by atoms with E-state index in [1.807, 2.05) is 91.9 Å². The predicted molar refractivity (Wildman–Crippen MR) is 175 cm³/mol. The molecule has 0 aromatic heterocycles. The first kappa shape index (κ1) is 37.5. The first-order chi connectivity index (χ1) is 23.2. The summed E-state index contributed by atoms with van der Waals surface area (Å²) in [5.41, 5.74) is 3.62. The monoisotopic (exact) mass is 680 g/mol. The normalized spacial score (nSPS) is 12.0. The van der Waals surface area contributed by atoms with Crippen LogP contribution in [0.1, 0.15) is 43.0 Å². The van der Waals surface area contributed by atoms with E-state index in [-0.39, 0.29) is 32.0 Å². The number of hydrogen-bond donors (Lipinski definition) is 6. The molecule has 4 aromatic carbocycles. The molecule has 2 atom stereocenters. The van der Waals surface area contributed by atoms with E-state index in [0.29, 0.717) is 5.56 Å². The summed E-state index contributed by atoms with van der Waals surface area (Å²) < 4.78 is 31.7. The standard InChI is InChI=1S/C33H34N4O5.C2HF3O2/c1-22(27-13-7-11-25-10-5-6-12-28(25)27)36-33(42)34-19-18-30(38)35-21-31(39)37-29(20-32(40)41)26-16-14-24(15-17-26)23-8-3-2-4-9-23;3-2(4,5)1(6)7/h2-17,22,29H,18-21H2,1H3,(H,35,38)(H,37,39)(H,40,41)(H2,34,36,42);(H,6,7)/t22-,29?;/m1./s1. The van der Waals surface area contributed by atoms with Gasteiger partial charge in [0.15, 0.2) is 0 Å². The zero-order valence-electron chi connectivity index (χ0n) is 26.3. The van der Waals surface area contributed by atoms with Crippen molar-refractivity contribution in [2.75, 3.05) is 13.1 Å². The molecular weight excluding hydrogens is 645 g/mol. The molecule has 6 N–H and O–H groups in total. The van der Waals surface area contributed by atoms with E-state index in [0.717, 1.165) is 27.5 Å². The van der Waals surface area contributed by atoms with Gasteiger partial charge in [-0.1, -0.05) is 97.1 Å². The average Bonchev–Trinajstić information content (AvgIpc) is 3.07. The van der Waals surface area contributed by atoms with E-state index < -0.39 is 42.0 Å². The first-order valence-electron chi connectivity index (χ1n) is 15.0. The van der Waals surface area contributed by atoms with Crippen LogP contribution in [0.3, 0.4) is 0 Å². The third-order valence-electron chi connectivity index (χ3n) is 7.10. The van der Waals surface area contributed by atoms with Crippen molar-refractivity contribution in [2.45, 2.75) is 38.0 Å². The number of carboxylic acids is 2. The topological polar surface area (TPSA) is 174 Å². The summed E-state index contributed by atoms with van der Waals surface area (Å²) >= 11 is 0. The lowest BCUT2D eigenvalue weighted by molar-refractivity contribution is -0.192. The second-order valence-electron chi connectivity index (χ2n) is 10.7. The molecule has 0 bridgehead atoms. The molecule has 11 nitrogen and oxygen atoms in total. The van der Waals surface area contributed by atoms with Crippen LogP contribution in [0.15, 0.2) is 97.1 Å². The number of hydrogen-bond acceptors (Lipinski definition) is 5. The molecule has 0 aliphatic carbocycles. The van der Waals surface area contributed by atoms with Crippen LogP contribution in [-0.2, 0) is 19.2 Å². The number of benzene rings is 4. The van der Waals surface area contributed by atoms with E-state index in [4.69, 9.17) is 9.90 Å². The van der Waals surface area contributed by atoms with E-state index in [2.05, 4.69) is 21.3 Å². The minimum atomic E-state index is -5.08. The Morgan fingerprint density at radius 1 is 0.714 bits per heavy atom. The summed E-state index contributed by atoms with van der Waals surface area (Å²) in [6.07, 6.45) is -5.41. The van der Waals surface area contributed by atoms with Crippen molar-refractivity contribution in [1.82, 2.24) is 21.3 Å². The largest absolute Gasteiger partial charge is 0.490 e. The lowest BCUT2D eigenvalue weighted by atomic mass is 9.99. The fourth-order valence-corrected chi connectivity index (χ4v) is 4.72. The maximum absolute atomic E-state index is 12.5. The van der Waals surface area contributed by atoms with Crippen LogP contribution in [0.25, 0.3) is 21.9 Å². The summed E-state index contributed by atoms with van der Waals surface area (Å²) in [6.45, 7) is 1.65. The molecule has 0 saturated carbocycles. The van der Waals surface area contributed by atoms with E-state index in [1.54, 1.807) is 12.1 Å². The number of halogens is 3. The molecule has 49 heavy (non-hydrogen) atoms. The third kappa shape index (κ3) is 12.3. The van der Waals surface area contributed by atoms with Crippen LogP contribution >= 0.6 is 0 Å². The van der Waals surface area contributed by atoms with Gasteiger partial charge in [0.2, 0.25) is 11.8 Å². The van der Waals surface area contributed by atoms with Crippen molar-refractivity contribution >= 4 is 40.6 Å². The van der Waals surface area contributed by atoms with Crippen LogP contribution in [0.2, 0.25) is 0 Å². The second-order valence-corrected chi connectivity index (χ2v) is 10.7. The van der Waals surface area contributed by atoms with Crippen molar-refractivity contribution in [1.29, 1.82) is 0 Å². The Kier molecular flexibility index (Phi) is 13.7. The number of aliphatic carboxylic acids is 2. The maximum atomic E-state index is 12.5. The Bertz CT molecular complexity index is 1740. The number of carbonyl (C=O) groups is 5. The number of rotatable bonds is 12. The lowest BCUT2D eigenvalue weighted by Gasteiger charge is -2.18. The Morgan fingerprint density at radius 3 is 1.94 bits per heavy atom. The van der Waals surface area contributed by atoms with Crippen LogP contribution in [0, 0.1) is 0 Å². The minimum absolute atomic E-state index is 0.0249. The molecule has 0 saturated heterocycles. The lowest BCUT2D eigenvalue weighted by Crippen LogP contribution is -2.41. The van der Waals surface area contributed by atoms with E-state index >= 15 is 0 Å². The van der Waals surface area contributed by atoms with Crippen molar-refractivity contribution in [2.24, 2.45) is 0 Å². The predicted octanol–water partition coefficient (Wildman–Crippen LogP) is 5.34. The van der Waals surface area contributed by atoms with Crippen molar-refractivity contribution in [3.63, 3.8) is 0 Å². The SMILES string of the molecule is C[C@@H](NC(=O)NCCC(=O)NCC(=O)NC(CC(=O)O)c1ccc(-c2ccccc2)cc1)c1cccc2ccccc12.O=C(O)C(F)(F)F. The van der Waals surface area contributed by atoms with E-state index in [9.17, 15) is 37.5 Å². The van der Waals surface area contributed by atoms with Gasteiger partial charge < -0.3 is 31.5 Å². The van der Waals surface area contributed by atoms with Gasteiger partial charge in [-0.15, -0.1) is 0 Å². The van der Waals surface area contributed by atoms with Gasteiger partial charge in [0.1, 0.15) is 0 Å². The molecule has 0 aliphatic heterocycles. The van der Waals surface area contributed by atoms with Crippen molar-refractivity contribution in [3.05, 3.63) is 108 Å². The average molecular weight is 681 g/mol. The highest BCUT2D eigenvalue weighted by molar-refractivity contribution is 5.87. The molecule has 1 unspecified atom stereocenters. The number of alkyl halides is 3. The summed E-state index contributed by atoms with van der Waals surface area (Å²) in [7, 11) is 0. The van der Waals surface area contributed by atoms with Crippen molar-refractivity contribution in [3.8, 4) is 11.1 Å². The number of nitrogens with one attached hydrogen (secondary N) is 4. The molecule has 4 aromatic rings. The molecule has 0 radical (unpaired) electrons. The number of amides is 4. The van der Waals surface area contributed by atoms with Crippen LogP contribution in [0.5, 0.6) is 0 Å². The van der Waals surface area contributed by atoms with Gasteiger partial charge in [-0.2, -0.15) is 13.2 Å². The second kappa shape index (κ2) is 17.8. The quantitative estimate of drug-likeness (QED) is 0.117. The minimum Gasteiger partial charge on any atom is -0.481 e. The fraction of sp³-hybridized carbons (Fsp3) is 0.229. The van der Waals surface area contributed by atoms with Gasteiger partial charge in [0, 0.05) is 13.0 Å². The highest BCUT2D eigenvalue weighted by Gasteiger charge is 2.38. The molecule has 0 heterocycles. The van der Waals surface area contributed by atoms with Gasteiger partial charge >= 0.3 is 24.1 Å². The Balaban J connectivity index is 0.000000838. The summed E-state index contributed by atoms with van der Waals surface area (Å²) in [4.78, 5) is 57.5. The van der Waals surface area contributed by atoms with Crippen LogP contribution in [-0.4, -0.2) is 59.3 Å². The Labute approximate surface area is 279 Å². The zero-order chi connectivity index (χ0) is 36.0. The molecule has 14 heteroatoms. The van der Waals surface area contributed by atoms with Gasteiger partial charge in [-0.25, -0.2) is 9.59 Å². The van der Waals surface area contributed by atoms with Gasteiger partial charge in [0.25, 0.3) is 0 Å². The van der Waals surface area contributed by atoms with Crippen molar-refractivity contribution < 1.29 is 47.4 Å².